The minimum Gasteiger partial charge on any atom is -0.315 e. The molecule has 19 heavy (non-hydrogen) atoms. The summed E-state index contributed by atoms with van der Waals surface area (Å²) >= 11 is 0. The van der Waals surface area contributed by atoms with E-state index in [0.717, 1.165) is 13.0 Å². The molecular formula is C12H16ClN3O2S. The quantitative estimate of drug-likeness (QED) is 0.870. The fraction of sp³-hybridized carbons (Fsp3) is 0.417. The molecule has 1 unspecified atom stereocenters. The van der Waals surface area contributed by atoms with Gasteiger partial charge in [0.1, 0.15) is 11.0 Å². The Bertz CT molecular complexity index is 589. The molecule has 0 aromatic heterocycles. The summed E-state index contributed by atoms with van der Waals surface area (Å²) in [5.41, 5.74) is 0.890. The van der Waals surface area contributed by atoms with Gasteiger partial charge < -0.3 is 5.32 Å². The number of rotatable bonds is 3. The summed E-state index contributed by atoms with van der Waals surface area (Å²) in [4.78, 5) is 0.0666. The van der Waals surface area contributed by atoms with Crippen LogP contribution in [-0.2, 0) is 10.0 Å². The molecule has 7 heteroatoms. The maximum absolute atomic E-state index is 12.2. The molecule has 1 fully saturated rings. The zero-order valence-electron chi connectivity index (χ0n) is 10.5. The number of benzene rings is 1. The van der Waals surface area contributed by atoms with Crippen LogP contribution in [0.15, 0.2) is 23.1 Å². The Morgan fingerprint density at radius 3 is 2.79 bits per heavy atom. The monoisotopic (exact) mass is 301 g/mol. The van der Waals surface area contributed by atoms with Crippen molar-refractivity contribution in [1.82, 2.24) is 10.0 Å². The summed E-state index contributed by atoms with van der Waals surface area (Å²) < 4.78 is 27.1. The van der Waals surface area contributed by atoms with Crippen molar-refractivity contribution in [3.8, 4) is 6.07 Å². The zero-order valence-corrected chi connectivity index (χ0v) is 12.1. The maximum atomic E-state index is 12.2. The molecule has 1 aliphatic heterocycles. The summed E-state index contributed by atoms with van der Waals surface area (Å²) in [6.07, 6.45) is 0.771. The molecule has 0 amide bonds. The topological polar surface area (TPSA) is 82.0 Å². The number of hydrogen-bond donors (Lipinski definition) is 2. The van der Waals surface area contributed by atoms with Gasteiger partial charge in [-0.3, -0.25) is 0 Å². The lowest BCUT2D eigenvalue weighted by molar-refractivity contribution is 0.560. The van der Waals surface area contributed by atoms with Crippen LogP contribution >= 0.6 is 12.4 Å². The lowest BCUT2D eigenvalue weighted by Gasteiger charge is -2.13. The maximum Gasteiger partial charge on any atom is 0.242 e. The highest BCUT2D eigenvalue weighted by Gasteiger charge is 2.25. The number of nitrogens with zero attached hydrogens (tertiary/aromatic N) is 1. The fourth-order valence-corrected chi connectivity index (χ4v) is 3.55. The highest BCUT2D eigenvalue weighted by molar-refractivity contribution is 7.89. The SMILES string of the molecule is Cc1cccc(S(=O)(=O)NC2CCNC2)c1C#N.Cl. The number of halogens is 1. The van der Waals surface area contributed by atoms with Crippen LogP contribution in [0, 0.1) is 18.3 Å². The van der Waals surface area contributed by atoms with Gasteiger partial charge >= 0.3 is 0 Å². The lowest BCUT2D eigenvalue weighted by Crippen LogP contribution is -2.36. The standard InChI is InChI=1S/C12H15N3O2S.ClH/c1-9-3-2-4-12(11(9)7-13)18(16,17)15-10-5-6-14-8-10;/h2-4,10,14-15H,5-6,8H2,1H3;1H. The van der Waals surface area contributed by atoms with E-state index in [-0.39, 0.29) is 28.9 Å². The van der Waals surface area contributed by atoms with Crippen molar-refractivity contribution in [2.75, 3.05) is 13.1 Å². The predicted molar refractivity (Wildman–Crippen MR) is 74.7 cm³/mol. The van der Waals surface area contributed by atoms with Gasteiger partial charge in [0.05, 0.1) is 5.56 Å². The van der Waals surface area contributed by atoms with Gasteiger partial charge in [0.25, 0.3) is 0 Å². The van der Waals surface area contributed by atoms with E-state index in [9.17, 15) is 8.42 Å². The third kappa shape index (κ3) is 3.45. The average Bonchev–Trinajstić information content (AvgIpc) is 2.80. The molecule has 0 radical (unpaired) electrons. The van der Waals surface area contributed by atoms with Crippen molar-refractivity contribution in [3.05, 3.63) is 29.3 Å². The van der Waals surface area contributed by atoms with Gasteiger partial charge in [0.15, 0.2) is 0 Å². The Balaban J connectivity index is 0.00000180. The van der Waals surface area contributed by atoms with Crippen molar-refractivity contribution in [3.63, 3.8) is 0 Å². The van der Waals surface area contributed by atoms with E-state index < -0.39 is 10.0 Å². The first-order valence-corrected chi connectivity index (χ1v) is 7.25. The Morgan fingerprint density at radius 1 is 1.47 bits per heavy atom. The Hall–Kier alpha value is -1.13. The van der Waals surface area contributed by atoms with E-state index in [1.807, 2.05) is 6.07 Å². The molecule has 5 nitrogen and oxygen atoms in total. The van der Waals surface area contributed by atoms with Crippen LogP contribution < -0.4 is 10.0 Å². The van der Waals surface area contributed by atoms with Gasteiger partial charge in [-0.1, -0.05) is 12.1 Å². The van der Waals surface area contributed by atoms with Crippen LogP contribution in [0.5, 0.6) is 0 Å². The van der Waals surface area contributed by atoms with E-state index in [1.54, 1.807) is 19.1 Å². The molecule has 1 atom stereocenters. The first kappa shape index (κ1) is 15.9. The van der Waals surface area contributed by atoms with Gasteiger partial charge in [-0.05, 0) is 31.5 Å². The summed E-state index contributed by atoms with van der Waals surface area (Å²) in [6, 6.07) is 6.71. The molecule has 0 spiro atoms. The Morgan fingerprint density at radius 2 is 2.21 bits per heavy atom. The van der Waals surface area contributed by atoms with Gasteiger partial charge in [-0.25, -0.2) is 13.1 Å². The summed E-state index contributed by atoms with van der Waals surface area (Å²) in [5, 5.41) is 12.2. The second kappa shape index (κ2) is 6.35. The molecule has 1 heterocycles. The summed E-state index contributed by atoms with van der Waals surface area (Å²) in [5.74, 6) is 0. The molecular weight excluding hydrogens is 286 g/mol. The number of nitrogens with one attached hydrogen (secondary N) is 2. The summed E-state index contributed by atoms with van der Waals surface area (Å²) in [7, 11) is -3.62. The minimum absolute atomic E-state index is 0. The largest absolute Gasteiger partial charge is 0.315 e. The van der Waals surface area contributed by atoms with Gasteiger partial charge in [-0.15, -0.1) is 12.4 Å². The Kier molecular flexibility index (Phi) is 5.32. The molecule has 0 aliphatic carbocycles. The summed E-state index contributed by atoms with van der Waals surface area (Å²) in [6.45, 7) is 3.17. The Labute approximate surface area is 119 Å². The molecule has 2 N–H and O–H groups in total. The zero-order chi connectivity index (χ0) is 13.2. The highest BCUT2D eigenvalue weighted by Crippen LogP contribution is 2.19. The van der Waals surface area contributed by atoms with Crippen LogP contribution in [0.1, 0.15) is 17.5 Å². The average molecular weight is 302 g/mol. The van der Waals surface area contributed by atoms with Crippen molar-refractivity contribution in [2.45, 2.75) is 24.3 Å². The predicted octanol–water partition coefficient (Wildman–Crippen LogP) is 0.929. The molecule has 2 rings (SSSR count). The number of aryl methyl sites for hydroxylation is 1. The van der Waals surface area contributed by atoms with Crippen molar-refractivity contribution in [2.24, 2.45) is 0 Å². The molecule has 0 saturated carbocycles. The highest BCUT2D eigenvalue weighted by atomic mass is 35.5. The van der Waals surface area contributed by atoms with E-state index in [0.29, 0.717) is 12.1 Å². The van der Waals surface area contributed by atoms with Crippen LogP contribution in [0.4, 0.5) is 0 Å². The molecule has 1 aliphatic rings. The molecule has 0 bridgehead atoms. The first-order valence-electron chi connectivity index (χ1n) is 5.77. The molecule has 1 aromatic carbocycles. The second-order valence-corrected chi connectivity index (χ2v) is 6.05. The van der Waals surface area contributed by atoms with Crippen LogP contribution in [0.3, 0.4) is 0 Å². The smallest absolute Gasteiger partial charge is 0.242 e. The lowest BCUT2D eigenvalue weighted by atomic mass is 10.1. The first-order chi connectivity index (χ1) is 8.54. The third-order valence-electron chi connectivity index (χ3n) is 3.02. The third-order valence-corrected chi connectivity index (χ3v) is 4.58. The van der Waals surface area contributed by atoms with Crippen LogP contribution in [0.2, 0.25) is 0 Å². The number of sulfonamides is 1. The minimum atomic E-state index is -3.62. The second-order valence-electron chi connectivity index (χ2n) is 4.37. The van der Waals surface area contributed by atoms with Crippen molar-refractivity contribution in [1.29, 1.82) is 5.26 Å². The number of hydrogen-bond acceptors (Lipinski definition) is 4. The van der Waals surface area contributed by atoms with Crippen molar-refractivity contribution >= 4 is 22.4 Å². The molecule has 1 aromatic rings. The number of nitriles is 1. The van der Waals surface area contributed by atoms with Gasteiger partial charge in [0, 0.05) is 12.6 Å². The van der Waals surface area contributed by atoms with Crippen LogP contribution in [0.25, 0.3) is 0 Å². The molecule has 1 saturated heterocycles. The normalized spacial score (nSPS) is 18.6. The van der Waals surface area contributed by atoms with Crippen LogP contribution in [-0.4, -0.2) is 27.5 Å². The fourth-order valence-electron chi connectivity index (χ4n) is 2.05. The van der Waals surface area contributed by atoms with E-state index >= 15 is 0 Å². The van der Waals surface area contributed by atoms with E-state index in [4.69, 9.17) is 5.26 Å². The van der Waals surface area contributed by atoms with E-state index in [1.165, 1.54) is 6.07 Å². The van der Waals surface area contributed by atoms with Gasteiger partial charge in [0.2, 0.25) is 10.0 Å². The molecule has 104 valence electrons. The van der Waals surface area contributed by atoms with Gasteiger partial charge in [-0.2, -0.15) is 5.26 Å². The van der Waals surface area contributed by atoms with E-state index in [2.05, 4.69) is 10.0 Å². The van der Waals surface area contributed by atoms with Crippen molar-refractivity contribution < 1.29 is 8.42 Å².